The van der Waals surface area contributed by atoms with Crippen LogP contribution in [0, 0.1) is 6.92 Å². The predicted octanol–water partition coefficient (Wildman–Crippen LogP) is 1.81. The monoisotopic (exact) mass is 358 g/mol. The van der Waals surface area contributed by atoms with Gasteiger partial charge >= 0.3 is 0 Å². The van der Waals surface area contributed by atoms with Crippen molar-refractivity contribution in [3.05, 3.63) is 35.7 Å². The minimum absolute atomic E-state index is 0.000783. The zero-order valence-electron chi connectivity index (χ0n) is 15.4. The van der Waals surface area contributed by atoms with E-state index in [1.54, 1.807) is 0 Å². The van der Waals surface area contributed by atoms with Gasteiger partial charge in [0.1, 0.15) is 0 Å². The third-order valence-corrected chi connectivity index (χ3v) is 4.37. The van der Waals surface area contributed by atoms with Crippen LogP contribution in [0.2, 0.25) is 0 Å². The maximum absolute atomic E-state index is 12.1. The Morgan fingerprint density at radius 3 is 2.69 bits per heavy atom. The third kappa shape index (κ3) is 5.37. The van der Waals surface area contributed by atoms with E-state index in [1.807, 2.05) is 38.1 Å². The van der Waals surface area contributed by atoms with Crippen LogP contribution in [0.15, 0.2) is 28.7 Å². The van der Waals surface area contributed by atoms with E-state index in [0.717, 1.165) is 38.4 Å². The van der Waals surface area contributed by atoms with Crippen molar-refractivity contribution in [1.82, 2.24) is 20.4 Å². The van der Waals surface area contributed by atoms with Crippen molar-refractivity contribution in [3.8, 4) is 11.5 Å². The second kappa shape index (κ2) is 8.91. The molecule has 1 atom stereocenters. The molecule has 3 rings (SSSR count). The van der Waals surface area contributed by atoms with E-state index < -0.39 is 0 Å². The Morgan fingerprint density at radius 1 is 1.23 bits per heavy atom. The summed E-state index contributed by atoms with van der Waals surface area (Å²) in [6.45, 7) is 8.26. The van der Waals surface area contributed by atoms with Gasteiger partial charge in [-0.2, -0.15) is 0 Å². The molecule has 1 unspecified atom stereocenters. The molecule has 0 radical (unpaired) electrons. The summed E-state index contributed by atoms with van der Waals surface area (Å²) in [5.74, 6) is 0.971. The Labute approximate surface area is 153 Å². The van der Waals surface area contributed by atoms with E-state index in [4.69, 9.17) is 9.15 Å². The smallest absolute Gasteiger partial charge is 0.247 e. The summed E-state index contributed by atoms with van der Waals surface area (Å²) in [7, 11) is 0. The maximum Gasteiger partial charge on any atom is 0.247 e. The van der Waals surface area contributed by atoms with Gasteiger partial charge in [0.2, 0.25) is 17.7 Å². The lowest BCUT2D eigenvalue weighted by Gasteiger charge is -2.29. The number of benzene rings is 1. The average Bonchev–Trinajstić information content (AvgIpc) is 3.10. The topological polar surface area (TPSA) is 80.5 Å². The zero-order valence-corrected chi connectivity index (χ0v) is 15.4. The van der Waals surface area contributed by atoms with Crippen LogP contribution in [-0.2, 0) is 16.0 Å². The molecule has 1 aliphatic rings. The minimum atomic E-state index is 0.000783. The number of rotatable bonds is 7. The number of nitrogens with one attached hydrogen (secondary N) is 1. The number of hydrogen-bond donors (Lipinski definition) is 1. The number of aryl methyl sites for hydroxylation is 2. The molecule has 0 spiro atoms. The van der Waals surface area contributed by atoms with Crippen LogP contribution in [-0.4, -0.2) is 59.9 Å². The lowest BCUT2D eigenvalue weighted by atomic mass is 10.1. The molecule has 2 heterocycles. The predicted molar refractivity (Wildman–Crippen MR) is 97.7 cm³/mol. The van der Waals surface area contributed by atoms with Gasteiger partial charge in [-0.1, -0.05) is 17.7 Å². The number of hydrogen-bond acceptors (Lipinski definition) is 6. The fourth-order valence-electron chi connectivity index (χ4n) is 2.95. The van der Waals surface area contributed by atoms with Crippen LogP contribution in [0.4, 0.5) is 0 Å². The van der Waals surface area contributed by atoms with Gasteiger partial charge in [-0.25, -0.2) is 0 Å². The lowest BCUT2D eigenvalue weighted by molar-refractivity contribution is -0.121. The summed E-state index contributed by atoms with van der Waals surface area (Å²) in [5.41, 5.74) is 2.06. The zero-order chi connectivity index (χ0) is 18.4. The first-order valence-corrected chi connectivity index (χ1v) is 9.09. The largest absolute Gasteiger partial charge is 0.421 e. The van der Waals surface area contributed by atoms with Crippen LogP contribution in [0.5, 0.6) is 0 Å². The van der Waals surface area contributed by atoms with Crippen LogP contribution in [0.1, 0.15) is 24.8 Å². The molecule has 2 aromatic rings. The number of carbonyl (C=O) groups excluding carboxylic acids is 1. The highest BCUT2D eigenvalue weighted by Crippen LogP contribution is 2.18. The lowest BCUT2D eigenvalue weighted by Crippen LogP contribution is -2.46. The Hall–Kier alpha value is -2.25. The molecule has 1 aliphatic heterocycles. The summed E-state index contributed by atoms with van der Waals surface area (Å²) in [4.78, 5) is 14.4. The quantitative estimate of drug-likeness (QED) is 0.813. The van der Waals surface area contributed by atoms with Gasteiger partial charge < -0.3 is 14.5 Å². The van der Waals surface area contributed by atoms with Crippen molar-refractivity contribution in [3.63, 3.8) is 0 Å². The summed E-state index contributed by atoms with van der Waals surface area (Å²) < 4.78 is 11.0. The first kappa shape index (κ1) is 18.5. The minimum Gasteiger partial charge on any atom is -0.421 e. The fraction of sp³-hybridized carbons (Fsp3) is 0.526. The van der Waals surface area contributed by atoms with Crippen molar-refractivity contribution < 1.29 is 13.9 Å². The number of ether oxygens (including phenoxy) is 1. The van der Waals surface area contributed by atoms with Crippen LogP contribution < -0.4 is 5.32 Å². The number of morpholine rings is 1. The van der Waals surface area contributed by atoms with Crippen molar-refractivity contribution in [2.24, 2.45) is 0 Å². The van der Waals surface area contributed by atoms with Gasteiger partial charge in [0.25, 0.3) is 0 Å². The van der Waals surface area contributed by atoms with Crippen molar-refractivity contribution >= 4 is 5.91 Å². The summed E-state index contributed by atoms with van der Waals surface area (Å²) >= 11 is 0. The Morgan fingerprint density at radius 2 is 1.96 bits per heavy atom. The number of nitrogens with zero attached hydrogens (tertiary/aromatic N) is 3. The van der Waals surface area contributed by atoms with E-state index in [9.17, 15) is 4.79 Å². The molecule has 1 aromatic carbocycles. The molecule has 26 heavy (non-hydrogen) atoms. The molecule has 140 valence electrons. The highest BCUT2D eigenvalue weighted by molar-refractivity contribution is 5.76. The third-order valence-electron chi connectivity index (χ3n) is 4.37. The van der Waals surface area contributed by atoms with E-state index >= 15 is 0 Å². The molecule has 1 N–H and O–H groups in total. The van der Waals surface area contributed by atoms with Crippen molar-refractivity contribution in [1.29, 1.82) is 0 Å². The van der Waals surface area contributed by atoms with Gasteiger partial charge in [0.15, 0.2) is 0 Å². The highest BCUT2D eigenvalue weighted by atomic mass is 16.5. The second-order valence-corrected chi connectivity index (χ2v) is 6.75. The van der Waals surface area contributed by atoms with Gasteiger partial charge in [-0.15, -0.1) is 10.2 Å². The van der Waals surface area contributed by atoms with Crippen LogP contribution >= 0.6 is 0 Å². The highest BCUT2D eigenvalue weighted by Gasteiger charge is 2.16. The maximum atomic E-state index is 12.1. The molecule has 1 aromatic heterocycles. The van der Waals surface area contributed by atoms with E-state index in [-0.39, 0.29) is 11.9 Å². The SMILES string of the molecule is Cc1ccc(-c2nnc(CCC(=O)NC(C)CN3CCOCC3)o2)cc1. The molecule has 7 nitrogen and oxygen atoms in total. The molecule has 1 saturated heterocycles. The molecule has 0 bridgehead atoms. The van der Waals surface area contributed by atoms with Gasteiger partial charge in [-0.3, -0.25) is 9.69 Å². The van der Waals surface area contributed by atoms with Crippen molar-refractivity contribution in [2.45, 2.75) is 32.7 Å². The Kier molecular flexibility index (Phi) is 6.35. The molecule has 7 heteroatoms. The van der Waals surface area contributed by atoms with Crippen molar-refractivity contribution in [2.75, 3.05) is 32.8 Å². The first-order valence-electron chi connectivity index (χ1n) is 9.09. The molecule has 0 aliphatic carbocycles. The molecular weight excluding hydrogens is 332 g/mol. The van der Waals surface area contributed by atoms with Gasteiger partial charge in [0.05, 0.1) is 13.2 Å². The average molecular weight is 358 g/mol. The van der Waals surface area contributed by atoms with E-state index in [2.05, 4.69) is 20.4 Å². The number of carbonyl (C=O) groups is 1. The fourth-order valence-corrected chi connectivity index (χ4v) is 2.95. The molecule has 1 amide bonds. The first-order chi connectivity index (χ1) is 12.6. The van der Waals surface area contributed by atoms with Gasteiger partial charge in [0, 0.05) is 44.1 Å². The standard InChI is InChI=1S/C19H26N4O3/c1-14-3-5-16(6-4-14)19-22-21-18(26-19)8-7-17(24)20-15(2)13-23-9-11-25-12-10-23/h3-6,15H,7-13H2,1-2H3,(H,20,24). The summed E-state index contributed by atoms with van der Waals surface area (Å²) in [5, 5.41) is 11.1. The normalized spacial score (nSPS) is 16.4. The second-order valence-electron chi connectivity index (χ2n) is 6.75. The van der Waals surface area contributed by atoms with E-state index in [0.29, 0.717) is 24.6 Å². The molecule has 1 fully saturated rings. The molecular formula is C19H26N4O3. The summed E-state index contributed by atoms with van der Waals surface area (Å²) in [6, 6.07) is 8.01. The number of amides is 1. The number of aromatic nitrogens is 2. The van der Waals surface area contributed by atoms with Crippen LogP contribution in [0.3, 0.4) is 0 Å². The Balaban J connectivity index is 1.43. The van der Waals surface area contributed by atoms with Crippen LogP contribution in [0.25, 0.3) is 11.5 Å². The Bertz CT molecular complexity index is 708. The van der Waals surface area contributed by atoms with E-state index in [1.165, 1.54) is 5.56 Å². The summed E-state index contributed by atoms with van der Waals surface area (Å²) in [6.07, 6.45) is 0.776. The molecule has 0 saturated carbocycles. The van der Waals surface area contributed by atoms with Gasteiger partial charge in [-0.05, 0) is 26.0 Å².